The van der Waals surface area contributed by atoms with Crippen LogP contribution >= 0.6 is 0 Å². The number of piperazine rings is 1. The highest BCUT2D eigenvalue weighted by Crippen LogP contribution is 2.42. The van der Waals surface area contributed by atoms with E-state index in [0.717, 1.165) is 23.6 Å². The molecule has 0 atom stereocenters. The normalized spacial score (nSPS) is 18.7. The molecule has 1 amide bonds. The van der Waals surface area contributed by atoms with Crippen LogP contribution in [0.25, 0.3) is 0 Å². The van der Waals surface area contributed by atoms with Crippen LogP contribution in [0.15, 0.2) is 23.4 Å². The van der Waals surface area contributed by atoms with E-state index in [2.05, 4.69) is 10.2 Å². The Morgan fingerprint density at radius 3 is 2.40 bits per heavy atom. The predicted molar refractivity (Wildman–Crippen MR) is 97.8 cm³/mol. The fourth-order valence-electron chi connectivity index (χ4n) is 3.49. The van der Waals surface area contributed by atoms with E-state index in [0.29, 0.717) is 5.69 Å². The van der Waals surface area contributed by atoms with E-state index in [1.54, 1.807) is 7.05 Å². The van der Waals surface area contributed by atoms with E-state index in [4.69, 9.17) is 0 Å². The van der Waals surface area contributed by atoms with Gasteiger partial charge in [-0.15, -0.1) is 0 Å². The van der Waals surface area contributed by atoms with E-state index in [1.807, 2.05) is 0 Å². The van der Waals surface area contributed by atoms with Crippen LogP contribution in [-0.2, 0) is 34.6 Å². The van der Waals surface area contributed by atoms with Crippen LogP contribution in [0, 0.1) is 0 Å². The molecule has 2 fully saturated rings. The number of sulfonamides is 1. The van der Waals surface area contributed by atoms with Crippen molar-refractivity contribution in [3.8, 4) is 0 Å². The number of amides is 1. The molecule has 0 bridgehead atoms. The maximum atomic E-state index is 13.0. The second-order valence-corrected chi connectivity index (χ2v) is 9.46. The van der Waals surface area contributed by atoms with Gasteiger partial charge in [0.1, 0.15) is 11.4 Å². The van der Waals surface area contributed by atoms with Gasteiger partial charge in [-0.2, -0.15) is 27.7 Å². The monoisotopic (exact) mass is 446 g/mol. The summed E-state index contributed by atoms with van der Waals surface area (Å²) in [7, 11) is -2.09. The molecule has 0 aromatic carbocycles. The fourth-order valence-corrected chi connectivity index (χ4v) is 4.90. The summed E-state index contributed by atoms with van der Waals surface area (Å²) in [6, 6.07) is 1.02. The zero-order valence-corrected chi connectivity index (χ0v) is 17.0. The first-order valence-corrected chi connectivity index (χ1v) is 10.9. The number of nitrogens with zero attached hydrogens (tertiary/aromatic N) is 6. The molecule has 164 valence electrons. The third-order valence-electron chi connectivity index (χ3n) is 5.29. The highest BCUT2D eigenvalue weighted by Gasteiger charge is 2.38. The minimum Gasteiger partial charge on any atom is -0.338 e. The average molecular weight is 446 g/mol. The summed E-state index contributed by atoms with van der Waals surface area (Å²) in [5.74, 6) is -0.380. The summed E-state index contributed by atoms with van der Waals surface area (Å²) in [4.78, 5) is 14.2. The van der Waals surface area contributed by atoms with Crippen molar-refractivity contribution in [2.75, 3.05) is 26.2 Å². The average Bonchev–Trinajstić information content (AvgIpc) is 3.28. The zero-order valence-electron chi connectivity index (χ0n) is 16.2. The highest BCUT2D eigenvalue weighted by molar-refractivity contribution is 7.89. The molecule has 1 saturated heterocycles. The minimum atomic E-state index is -4.57. The molecule has 0 spiro atoms. The quantitative estimate of drug-likeness (QED) is 0.685. The van der Waals surface area contributed by atoms with Crippen LogP contribution in [0.5, 0.6) is 0 Å². The molecule has 13 heteroatoms. The molecular weight excluding hydrogens is 425 g/mol. The summed E-state index contributed by atoms with van der Waals surface area (Å²) >= 11 is 0. The number of rotatable bonds is 5. The second-order valence-electron chi connectivity index (χ2n) is 7.52. The van der Waals surface area contributed by atoms with Gasteiger partial charge in [0.25, 0.3) is 0 Å². The number of carbonyl (C=O) groups is 1. The summed E-state index contributed by atoms with van der Waals surface area (Å²) in [5.41, 5.74) is -0.571. The first kappa shape index (κ1) is 20.8. The lowest BCUT2D eigenvalue weighted by Crippen LogP contribution is -2.51. The van der Waals surface area contributed by atoms with Crippen molar-refractivity contribution in [1.82, 2.24) is 28.8 Å². The molecule has 2 aromatic heterocycles. The Kier molecular flexibility index (Phi) is 5.12. The Morgan fingerprint density at radius 1 is 1.20 bits per heavy atom. The van der Waals surface area contributed by atoms with Crippen molar-refractivity contribution in [1.29, 1.82) is 0 Å². The number of aromatic nitrogens is 4. The van der Waals surface area contributed by atoms with Gasteiger partial charge in [0.2, 0.25) is 15.9 Å². The van der Waals surface area contributed by atoms with Gasteiger partial charge in [0, 0.05) is 51.0 Å². The van der Waals surface area contributed by atoms with E-state index in [-0.39, 0.29) is 49.4 Å². The molecule has 1 aliphatic carbocycles. The molecule has 2 aromatic rings. The molecule has 9 nitrogen and oxygen atoms in total. The SMILES string of the molecule is Cn1cc(S(=O)(=O)N2CCN(C(=O)Cn3nc(C(F)(F)F)cc3C3CC3)CC2)cn1. The summed E-state index contributed by atoms with van der Waals surface area (Å²) < 4.78 is 68.1. The first-order chi connectivity index (χ1) is 14.1. The van der Waals surface area contributed by atoms with E-state index >= 15 is 0 Å². The smallest absolute Gasteiger partial charge is 0.338 e. The minimum absolute atomic E-state index is 0.00266. The maximum Gasteiger partial charge on any atom is 0.435 e. The molecule has 30 heavy (non-hydrogen) atoms. The van der Waals surface area contributed by atoms with Gasteiger partial charge in [0.05, 0.1) is 6.20 Å². The number of hydrogen-bond acceptors (Lipinski definition) is 5. The second kappa shape index (κ2) is 7.38. The van der Waals surface area contributed by atoms with Crippen molar-refractivity contribution >= 4 is 15.9 Å². The first-order valence-electron chi connectivity index (χ1n) is 9.47. The Bertz CT molecular complexity index is 1050. The van der Waals surface area contributed by atoms with Gasteiger partial charge in [-0.3, -0.25) is 14.2 Å². The molecule has 1 saturated carbocycles. The standard InChI is InChI=1S/C17H21F3N6O3S/c1-23-10-13(9-21-23)30(28,29)25-6-4-24(5-7-25)16(27)11-26-14(12-2-3-12)8-15(22-26)17(18,19)20/h8-10,12H,2-7,11H2,1H3. The van der Waals surface area contributed by atoms with Crippen molar-refractivity contribution in [3.63, 3.8) is 0 Å². The lowest BCUT2D eigenvalue weighted by molar-refractivity contribution is -0.142. The fraction of sp³-hybridized carbons (Fsp3) is 0.588. The lowest BCUT2D eigenvalue weighted by Gasteiger charge is -2.33. The topological polar surface area (TPSA) is 93.3 Å². The molecule has 3 heterocycles. The molecule has 2 aliphatic rings. The van der Waals surface area contributed by atoms with Gasteiger partial charge in [-0.05, 0) is 18.9 Å². The number of halogens is 3. The Hall–Kier alpha value is -2.41. The molecule has 0 radical (unpaired) electrons. The zero-order chi connectivity index (χ0) is 21.7. The third kappa shape index (κ3) is 4.08. The van der Waals surface area contributed by atoms with Crippen molar-refractivity contribution < 1.29 is 26.4 Å². The van der Waals surface area contributed by atoms with Gasteiger partial charge in [-0.25, -0.2) is 8.42 Å². The van der Waals surface area contributed by atoms with Crippen LogP contribution in [0.2, 0.25) is 0 Å². The number of hydrogen-bond donors (Lipinski definition) is 0. The van der Waals surface area contributed by atoms with E-state index in [1.165, 1.54) is 26.3 Å². The van der Waals surface area contributed by atoms with Gasteiger partial charge in [-0.1, -0.05) is 0 Å². The summed E-state index contributed by atoms with van der Waals surface area (Å²) in [5, 5.41) is 7.47. The van der Waals surface area contributed by atoms with Crippen LogP contribution in [-0.4, -0.2) is 69.3 Å². The van der Waals surface area contributed by atoms with Crippen molar-refractivity contribution in [3.05, 3.63) is 29.8 Å². The lowest BCUT2D eigenvalue weighted by atomic mass is 10.2. The number of carbonyl (C=O) groups excluding carboxylic acids is 1. The third-order valence-corrected chi connectivity index (χ3v) is 7.14. The Balaban J connectivity index is 1.41. The van der Waals surface area contributed by atoms with Crippen LogP contribution in [0.1, 0.15) is 30.1 Å². The number of alkyl halides is 3. The van der Waals surface area contributed by atoms with E-state index in [9.17, 15) is 26.4 Å². The summed E-state index contributed by atoms with van der Waals surface area (Å²) in [6.45, 7) is 0.225. The van der Waals surface area contributed by atoms with Crippen LogP contribution < -0.4 is 0 Å². The van der Waals surface area contributed by atoms with Crippen LogP contribution in [0.4, 0.5) is 13.2 Å². The van der Waals surface area contributed by atoms with Gasteiger partial charge < -0.3 is 4.90 Å². The molecule has 0 N–H and O–H groups in total. The molecular formula is C17H21F3N6O3S. The summed E-state index contributed by atoms with van der Waals surface area (Å²) in [6.07, 6.45) is -0.335. The largest absolute Gasteiger partial charge is 0.435 e. The van der Waals surface area contributed by atoms with Crippen molar-refractivity contribution in [2.24, 2.45) is 7.05 Å². The predicted octanol–water partition coefficient (Wildman–Crippen LogP) is 1.05. The van der Waals surface area contributed by atoms with Crippen LogP contribution in [0.3, 0.4) is 0 Å². The highest BCUT2D eigenvalue weighted by atomic mass is 32.2. The molecule has 4 rings (SSSR count). The van der Waals surface area contributed by atoms with E-state index < -0.39 is 21.9 Å². The Morgan fingerprint density at radius 2 is 1.87 bits per heavy atom. The van der Waals surface area contributed by atoms with Crippen molar-refractivity contribution in [2.45, 2.75) is 36.4 Å². The molecule has 1 aliphatic heterocycles. The molecule has 0 unspecified atom stereocenters. The van der Waals surface area contributed by atoms with Gasteiger partial charge in [0.15, 0.2) is 5.69 Å². The maximum absolute atomic E-state index is 13.0. The number of aryl methyl sites for hydroxylation is 1. The Labute approximate surface area is 171 Å². The van der Waals surface area contributed by atoms with Gasteiger partial charge >= 0.3 is 6.18 Å².